The molecule has 0 radical (unpaired) electrons. The molecule has 2 rings (SSSR count). The molecule has 6 heteroatoms. The molecular weight excluding hydrogens is 292 g/mol. The highest BCUT2D eigenvalue weighted by Gasteiger charge is 2.34. The largest absolute Gasteiger partial charge is 0.309 e. The summed E-state index contributed by atoms with van der Waals surface area (Å²) in [5, 5.41) is 5.26. The third-order valence-electron chi connectivity index (χ3n) is 4.19. The number of thiophene rings is 1. The minimum atomic E-state index is -3.42. The maximum absolute atomic E-state index is 12.8. The molecule has 4 nitrogen and oxygen atoms in total. The molecule has 114 valence electrons. The van der Waals surface area contributed by atoms with Crippen LogP contribution in [0.3, 0.4) is 0 Å². The van der Waals surface area contributed by atoms with Gasteiger partial charge in [-0.2, -0.15) is 4.31 Å². The molecular formula is C14H24N2O2S2. The average Bonchev–Trinajstić information content (AvgIpc) is 3.11. The topological polar surface area (TPSA) is 49.4 Å². The lowest BCUT2D eigenvalue weighted by Crippen LogP contribution is -2.44. The Balaban J connectivity index is 2.22. The highest BCUT2D eigenvalue weighted by molar-refractivity contribution is 7.89. The predicted molar refractivity (Wildman–Crippen MR) is 83.5 cm³/mol. The Morgan fingerprint density at radius 1 is 1.45 bits per heavy atom. The third kappa shape index (κ3) is 3.24. The van der Waals surface area contributed by atoms with Crippen molar-refractivity contribution in [3.05, 3.63) is 16.3 Å². The van der Waals surface area contributed by atoms with E-state index in [1.54, 1.807) is 13.1 Å². The monoisotopic (exact) mass is 316 g/mol. The van der Waals surface area contributed by atoms with Gasteiger partial charge in [0.05, 0.1) is 4.90 Å². The van der Waals surface area contributed by atoms with Crippen LogP contribution in [0.4, 0.5) is 0 Å². The first kappa shape index (κ1) is 15.9. The van der Waals surface area contributed by atoms with E-state index >= 15 is 0 Å². The summed E-state index contributed by atoms with van der Waals surface area (Å²) in [6.45, 7) is 6.57. The molecule has 0 saturated heterocycles. The second-order valence-corrected chi connectivity index (χ2v) is 8.94. The fourth-order valence-corrected chi connectivity index (χ4v) is 4.85. The lowest BCUT2D eigenvalue weighted by atomic mass is 10.0. The zero-order valence-electron chi connectivity index (χ0n) is 12.6. The summed E-state index contributed by atoms with van der Waals surface area (Å²) in [7, 11) is -1.74. The summed E-state index contributed by atoms with van der Waals surface area (Å²) >= 11 is 1.51. The van der Waals surface area contributed by atoms with Crippen LogP contribution in [0.5, 0.6) is 0 Å². The molecule has 0 aromatic carbocycles. The Kier molecular flexibility index (Phi) is 4.59. The second-order valence-electron chi connectivity index (χ2n) is 6.00. The van der Waals surface area contributed by atoms with Crippen LogP contribution in [0.15, 0.2) is 16.3 Å². The Hall–Kier alpha value is -0.430. The minimum Gasteiger partial charge on any atom is -0.309 e. The number of sulfonamides is 1. The van der Waals surface area contributed by atoms with E-state index in [4.69, 9.17) is 0 Å². The molecule has 1 aliphatic carbocycles. The van der Waals surface area contributed by atoms with Crippen molar-refractivity contribution in [2.24, 2.45) is 0 Å². The minimum absolute atomic E-state index is 0.373. The summed E-state index contributed by atoms with van der Waals surface area (Å²) in [4.78, 5) is 1.37. The van der Waals surface area contributed by atoms with E-state index in [1.165, 1.54) is 28.5 Å². The van der Waals surface area contributed by atoms with Gasteiger partial charge in [-0.15, -0.1) is 11.3 Å². The van der Waals surface area contributed by atoms with Gasteiger partial charge >= 0.3 is 0 Å². The normalized spacial score (nSPS) is 16.9. The van der Waals surface area contributed by atoms with Gasteiger partial charge in [-0.1, -0.05) is 6.92 Å². The molecule has 20 heavy (non-hydrogen) atoms. The molecule has 1 fully saturated rings. The highest BCUT2D eigenvalue weighted by atomic mass is 32.2. The average molecular weight is 316 g/mol. The van der Waals surface area contributed by atoms with Crippen LogP contribution >= 0.6 is 11.3 Å². The van der Waals surface area contributed by atoms with Crippen molar-refractivity contribution in [1.82, 2.24) is 9.62 Å². The second kappa shape index (κ2) is 5.75. The number of nitrogens with one attached hydrogen (secondary N) is 1. The van der Waals surface area contributed by atoms with Gasteiger partial charge in [0.1, 0.15) is 0 Å². The zero-order chi connectivity index (χ0) is 15.0. The molecule has 0 bridgehead atoms. The Morgan fingerprint density at radius 2 is 2.10 bits per heavy atom. The Morgan fingerprint density at radius 3 is 2.65 bits per heavy atom. The van der Waals surface area contributed by atoms with E-state index in [1.807, 2.05) is 26.2 Å². The summed E-state index contributed by atoms with van der Waals surface area (Å²) in [6.07, 6.45) is 3.19. The summed E-state index contributed by atoms with van der Waals surface area (Å²) in [5.41, 5.74) is -0.373. The molecule has 1 aromatic heterocycles. The standard InChI is InChI=1S/C14H24N2O2S2/c1-5-14(2,3)16(4)20(17,18)13-8-9-19-12(13)10-15-11-6-7-11/h8-9,11,15H,5-7,10H2,1-4H3. The van der Waals surface area contributed by atoms with Gasteiger partial charge in [-0.05, 0) is 44.6 Å². The number of hydrogen-bond acceptors (Lipinski definition) is 4. The first-order valence-corrected chi connectivity index (χ1v) is 9.40. The van der Waals surface area contributed by atoms with Crippen LogP contribution in [0.25, 0.3) is 0 Å². The number of rotatable bonds is 7. The molecule has 0 unspecified atom stereocenters. The van der Waals surface area contributed by atoms with Gasteiger partial charge in [0.2, 0.25) is 10.0 Å². The third-order valence-corrected chi connectivity index (χ3v) is 7.39. The fraction of sp³-hybridized carbons (Fsp3) is 0.714. The van der Waals surface area contributed by atoms with E-state index in [0.717, 1.165) is 11.3 Å². The lowest BCUT2D eigenvalue weighted by Gasteiger charge is -2.33. The van der Waals surface area contributed by atoms with Crippen LogP contribution in [0.1, 0.15) is 44.9 Å². The summed E-state index contributed by atoms with van der Waals surface area (Å²) in [6, 6.07) is 2.31. The van der Waals surface area contributed by atoms with Gasteiger partial charge in [-0.3, -0.25) is 0 Å². The van der Waals surface area contributed by atoms with Crippen molar-refractivity contribution in [3.8, 4) is 0 Å². The number of nitrogens with zero attached hydrogens (tertiary/aromatic N) is 1. The fourth-order valence-electron chi connectivity index (χ4n) is 1.91. The van der Waals surface area contributed by atoms with E-state index in [9.17, 15) is 8.42 Å². The van der Waals surface area contributed by atoms with Crippen molar-refractivity contribution in [2.45, 2.75) is 63.1 Å². The quantitative estimate of drug-likeness (QED) is 0.841. The van der Waals surface area contributed by atoms with Gasteiger partial charge in [0, 0.05) is 30.1 Å². The molecule has 0 spiro atoms. The van der Waals surface area contributed by atoms with E-state index in [0.29, 0.717) is 17.5 Å². The molecule has 0 aliphatic heterocycles. The Bertz CT molecular complexity index is 559. The Labute approximate surface area is 126 Å². The van der Waals surface area contributed by atoms with Crippen LogP contribution in [-0.4, -0.2) is 31.4 Å². The van der Waals surface area contributed by atoms with Gasteiger partial charge < -0.3 is 5.32 Å². The van der Waals surface area contributed by atoms with Crippen molar-refractivity contribution >= 4 is 21.4 Å². The van der Waals surface area contributed by atoms with Crippen LogP contribution in [-0.2, 0) is 16.6 Å². The molecule has 1 N–H and O–H groups in total. The smallest absolute Gasteiger partial charge is 0.244 e. The van der Waals surface area contributed by atoms with Crippen molar-refractivity contribution < 1.29 is 8.42 Å². The maximum Gasteiger partial charge on any atom is 0.244 e. The van der Waals surface area contributed by atoms with Crippen LogP contribution in [0, 0.1) is 0 Å². The van der Waals surface area contributed by atoms with Crippen molar-refractivity contribution in [3.63, 3.8) is 0 Å². The SMILES string of the molecule is CCC(C)(C)N(C)S(=O)(=O)c1ccsc1CNC1CC1. The highest BCUT2D eigenvalue weighted by Crippen LogP contribution is 2.30. The maximum atomic E-state index is 12.8. The van der Waals surface area contributed by atoms with Gasteiger partial charge in [-0.25, -0.2) is 8.42 Å². The molecule has 0 amide bonds. The van der Waals surface area contributed by atoms with Crippen LogP contribution < -0.4 is 5.32 Å². The summed E-state index contributed by atoms with van der Waals surface area (Å²) < 4.78 is 27.1. The molecule has 1 saturated carbocycles. The molecule has 1 heterocycles. The first-order valence-electron chi connectivity index (χ1n) is 7.08. The van der Waals surface area contributed by atoms with Crippen LogP contribution in [0.2, 0.25) is 0 Å². The molecule has 0 atom stereocenters. The van der Waals surface area contributed by atoms with E-state index < -0.39 is 10.0 Å². The van der Waals surface area contributed by atoms with Gasteiger partial charge in [0.25, 0.3) is 0 Å². The summed E-state index contributed by atoms with van der Waals surface area (Å²) in [5.74, 6) is 0. The predicted octanol–water partition coefficient (Wildman–Crippen LogP) is 2.81. The van der Waals surface area contributed by atoms with E-state index in [-0.39, 0.29) is 5.54 Å². The zero-order valence-corrected chi connectivity index (χ0v) is 14.3. The van der Waals surface area contributed by atoms with Crippen molar-refractivity contribution in [1.29, 1.82) is 0 Å². The van der Waals surface area contributed by atoms with Gasteiger partial charge in [0.15, 0.2) is 0 Å². The first-order chi connectivity index (χ1) is 9.29. The van der Waals surface area contributed by atoms with Crippen molar-refractivity contribution in [2.75, 3.05) is 7.05 Å². The lowest BCUT2D eigenvalue weighted by molar-refractivity contribution is 0.257. The molecule has 1 aromatic rings. The van der Waals surface area contributed by atoms with E-state index in [2.05, 4.69) is 5.32 Å². The number of hydrogen-bond donors (Lipinski definition) is 1. The molecule has 1 aliphatic rings.